The highest BCUT2D eigenvalue weighted by Crippen LogP contribution is 2.28. The normalized spacial score (nSPS) is 12.7. The molecule has 0 aliphatic carbocycles. The zero-order valence-electron chi connectivity index (χ0n) is 13.3. The highest BCUT2D eigenvalue weighted by atomic mass is 35.5. The van der Waals surface area contributed by atoms with Gasteiger partial charge in [-0.1, -0.05) is 26.8 Å². The molecule has 1 atom stereocenters. The van der Waals surface area contributed by atoms with Crippen LogP contribution in [0.15, 0.2) is 18.2 Å². The zero-order chi connectivity index (χ0) is 16.0. The quantitative estimate of drug-likeness (QED) is 0.818. The van der Waals surface area contributed by atoms with E-state index >= 15 is 0 Å². The topological polar surface area (TPSA) is 47.6 Å². The molecule has 0 spiro atoms. The van der Waals surface area contributed by atoms with E-state index in [1.165, 1.54) is 14.2 Å². The van der Waals surface area contributed by atoms with Gasteiger partial charge in [-0.05, 0) is 24.0 Å². The van der Waals surface area contributed by atoms with E-state index in [-0.39, 0.29) is 16.7 Å². The Labute approximate surface area is 131 Å². The van der Waals surface area contributed by atoms with E-state index in [0.29, 0.717) is 23.6 Å². The van der Waals surface area contributed by atoms with E-state index in [1.807, 2.05) is 0 Å². The fourth-order valence-electron chi connectivity index (χ4n) is 2.10. The van der Waals surface area contributed by atoms with Crippen LogP contribution < -0.4 is 14.8 Å². The first-order valence-corrected chi connectivity index (χ1v) is 7.35. The van der Waals surface area contributed by atoms with Crippen LogP contribution in [0.5, 0.6) is 11.5 Å². The maximum absolute atomic E-state index is 12.3. The van der Waals surface area contributed by atoms with Gasteiger partial charge in [-0.2, -0.15) is 0 Å². The standard InChI is InChI=1S/C16H24ClNO3/c1-16(2,3)9-11(17)10-18-15(19)14-12(20-4)7-6-8-13(14)21-5/h6-8,11H,9-10H2,1-5H3,(H,18,19). The summed E-state index contributed by atoms with van der Waals surface area (Å²) in [5.74, 6) is 0.714. The van der Waals surface area contributed by atoms with Crippen molar-refractivity contribution in [1.29, 1.82) is 0 Å². The van der Waals surface area contributed by atoms with E-state index in [2.05, 4.69) is 26.1 Å². The van der Waals surface area contributed by atoms with E-state index in [0.717, 1.165) is 6.42 Å². The third-order valence-electron chi connectivity index (χ3n) is 2.97. The summed E-state index contributed by atoms with van der Waals surface area (Å²) in [6.07, 6.45) is 0.817. The van der Waals surface area contributed by atoms with E-state index < -0.39 is 0 Å². The molecular formula is C16H24ClNO3. The van der Waals surface area contributed by atoms with Crippen molar-refractivity contribution < 1.29 is 14.3 Å². The van der Waals surface area contributed by atoms with Gasteiger partial charge in [-0.25, -0.2) is 0 Å². The molecule has 0 saturated heterocycles. The molecule has 21 heavy (non-hydrogen) atoms. The summed E-state index contributed by atoms with van der Waals surface area (Å²) in [4.78, 5) is 12.3. The maximum atomic E-state index is 12.3. The first-order valence-electron chi connectivity index (χ1n) is 6.91. The van der Waals surface area contributed by atoms with Gasteiger partial charge in [0.25, 0.3) is 5.91 Å². The summed E-state index contributed by atoms with van der Waals surface area (Å²) in [6.45, 7) is 6.76. The van der Waals surface area contributed by atoms with Crippen molar-refractivity contribution in [3.05, 3.63) is 23.8 Å². The summed E-state index contributed by atoms with van der Waals surface area (Å²) in [7, 11) is 3.05. The summed E-state index contributed by atoms with van der Waals surface area (Å²) >= 11 is 6.27. The second-order valence-electron chi connectivity index (χ2n) is 6.11. The highest BCUT2D eigenvalue weighted by Gasteiger charge is 2.21. The first kappa shape index (κ1) is 17.6. The van der Waals surface area contributed by atoms with E-state index in [9.17, 15) is 4.79 Å². The van der Waals surface area contributed by atoms with E-state index in [4.69, 9.17) is 21.1 Å². The lowest BCUT2D eigenvalue weighted by Crippen LogP contribution is -2.32. The zero-order valence-corrected chi connectivity index (χ0v) is 14.1. The number of carbonyl (C=O) groups excluding carboxylic acids is 1. The molecule has 1 rings (SSSR count). The van der Waals surface area contributed by atoms with Crippen LogP contribution in [-0.4, -0.2) is 32.0 Å². The lowest BCUT2D eigenvalue weighted by Gasteiger charge is -2.22. The molecule has 1 amide bonds. The molecule has 5 heteroatoms. The SMILES string of the molecule is COc1cccc(OC)c1C(=O)NCC(Cl)CC(C)(C)C. The van der Waals surface area contributed by atoms with Gasteiger partial charge in [0, 0.05) is 6.54 Å². The van der Waals surface area contributed by atoms with Crippen molar-refractivity contribution in [2.45, 2.75) is 32.6 Å². The molecule has 4 nitrogen and oxygen atoms in total. The molecule has 0 bridgehead atoms. The Bertz CT molecular complexity index is 461. The van der Waals surface area contributed by atoms with Crippen LogP contribution in [0.4, 0.5) is 0 Å². The van der Waals surface area contributed by atoms with Crippen LogP contribution in [0.1, 0.15) is 37.6 Å². The smallest absolute Gasteiger partial charge is 0.258 e. The third-order valence-corrected chi connectivity index (χ3v) is 3.28. The Morgan fingerprint density at radius 3 is 2.19 bits per heavy atom. The molecule has 0 heterocycles. The summed E-state index contributed by atoms with van der Waals surface area (Å²) < 4.78 is 10.4. The molecule has 0 radical (unpaired) electrons. The summed E-state index contributed by atoms with van der Waals surface area (Å²) in [5.41, 5.74) is 0.515. The molecule has 1 aromatic carbocycles. The first-order chi connectivity index (χ1) is 9.78. The Morgan fingerprint density at radius 2 is 1.76 bits per heavy atom. The molecular weight excluding hydrogens is 290 g/mol. The van der Waals surface area contributed by atoms with Crippen LogP contribution in [0.3, 0.4) is 0 Å². The van der Waals surface area contributed by atoms with Gasteiger partial charge in [-0.3, -0.25) is 4.79 Å². The van der Waals surface area contributed by atoms with Crippen LogP contribution in [0.2, 0.25) is 0 Å². The minimum atomic E-state index is -0.246. The Morgan fingerprint density at radius 1 is 1.24 bits per heavy atom. The number of halogens is 1. The molecule has 0 aliphatic heterocycles. The van der Waals surface area contributed by atoms with Gasteiger partial charge < -0.3 is 14.8 Å². The van der Waals surface area contributed by atoms with Gasteiger partial charge in [0.05, 0.1) is 19.6 Å². The van der Waals surface area contributed by atoms with Crippen molar-refractivity contribution in [1.82, 2.24) is 5.32 Å². The summed E-state index contributed by atoms with van der Waals surface area (Å²) in [6, 6.07) is 5.23. The fourth-order valence-corrected chi connectivity index (χ4v) is 2.64. The van der Waals surface area contributed by atoms with E-state index in [1.54, 1.807) is 18.2 Å². The largest absolute Gasteiger partial charge is 0.496 e. The third kappa shape index (κ3) is 5.46. The van der Waals surface area contributed by atoms with Crippen molar-refractivity contribution in [3.63, 3.8) is 0 Å². The predicted molar refractivity (Wildman–Crippen MR) is 85.6 cm³/mol. The number of ether oxygens (including phenoxy) is 2. The van der Waals surface area contributed by atoms with Crippen LogP contribution in [-0.2, 0) is 0 Å². The number of hydrogen-bond acceptors (Lipinski definition) is 3. The van der Waals surface area contributed by atoms with Crippen LogP contribution in [0.25, 0.3) is 0 Å². The van der Waals surface area contributed by atoms with Gasteiger partial charge in [0.15, 0.2) is 0 Å². The number of hydrogen-bond donors (Lipinski definition) is 1. The Kier molecular flexibility index (Phi) is 6.34. The maximum Gasteiger partial charge on any atom is 0.258 e. The minimum absolute atomic E-state index is 0.116. The minimum Gasteiger partial charge on any atom is -0.496 e. The highest BCUT2D eigenvalue weighted by molar-refractivity contribution is 6.21. The average molecular weight is 314 g/mol. The fraction of sp³-hybridized carbons (Fsp3) is 0.562. The molecule has 1 unspecified atom stereocenters. The second kappa shape index (κ2) is 7.55. The number of methoxy groups -OCH3 is 2. The molecule has 0 aromatic heterocycles. The number of amides is 1. The molecule has 118 valence electrons. The number of alkyl halides is 1. The van der Waals surface area contributed by atoms with Gasteiger partial charge in [0.2, 0.25) is 0 Å². The number of rotatable bonds is 6. The number of carbonyl (C=O) groups is 1. The lowest BCUT2D eigenvalue weighted by molar-refractivity contribution is 0.0945. The van der Waals surface area contributed by atoms with Crippen LogP contribution >= 0.6 is 11.6 Å². The lowest BCUT2D eigenvalue weighted by atomic mass is 9.90. The number of benzene rings is 1. The van der Waals surface area contributed by atoms with Gasteiger partial charge >= 0.3 is 0 Å². The second-order valence-corrected chi connectivity index (χ2v) is 6.73. The molecule has 0 aliphatic rings. The predicted octanol–water partition coefficient (Wildman–Crippen LogP) is 3.48. The van der Waals surface area contributed by atoms with Gasteiger partial charge in [0.1, 0.15) is 17.1 Å². The van der Waals surface area contributed by atoms with Crippen LogP contribution in [0, 0.1) is 5.41 Å². The summed E-state index contributed by atoms with van der Waals surface area (Å²) in [5, 5.41) is 2.72. The number of nitrogens with one attached hydrogen (secondary N) is 1. The van der Waals surface area contributed by atoms with Crippen molar-refractivity contribution >= 4 is 17.5 Å². The Balaban J connectivity index is 2.76. The van der Waals surface area contributed by atoms with Crippen molar-refractivity contribution in [2.75, 3.05) is 20.8 Å². The molecule has 0 fully saturated rings. The molecule has 1 aromatic rings. The van der Waals surface area contributed by atoms with Crippen molar-refractivity contribution in [2.24, 2.45) is 5.41 Å². The molecule has 1 N–H and O–H groups in total. The molecule has 0 saturated carbocycles. The van der Waals surface area contributed by atoms with Crippen molar-refractivity contribution in [3.8, 4) is 11.5 Å². The average Bonchev–Trinajstić information content (AvgIpc) is 2.41. The monoisotopic (exact) mass is 313 g/mol. The Hall–Kier alpha value is -1.42. The van der Waals surface area contributed by atoms with Gasteiger partial charge in [-0.15, -0.1) is 11.6 Å².